The van der Waals surface area contributed by atoms with Crippen molar-refractivity contribution in [2.45, 2.75) is 31.0 Å². The lowest BCUT2D eigenvalue weighted by Gasteiger charge is -2.21. The standard InChI is InChI=1S/C9H17NO2S2/c1-4-8(5-9(12,13)14)7(2)10(3)6-11/h6,12-14H,4-5H2,1-3H3. The Morgan fingerprint density at radius 1 is 1.57 bits per heavy atom. The van der Waals surface area contributed by atoms with E-state index in [1.807, 2.05) is 13.8 Å². The van der Waals surface area contributed by atoms with E-state index in [1.54, 1.807) is 7.05 Å². The number of carbonyl (C=O) groups is 1. The van der Waals surface area contributed by atoms with Gasteiger partial charge in [0.2, 0.25) is 6.41 Å². The van der Waals surface area contributed by atoms with Crippen molar-refractivity contribution in [2.75, 3.05) is 7.05 Å². The third-order valence-electron chi connectivity index (χ3n) is 2.08. The predicted octanol–water partition coefficient (Wildman–Crippen LogP) is 1.65. The van der Waals surface area contributed by atoms with Crippen molar-refractivity contribution in [3.63, 3.8) is 0 Å². The molecule has 82 valence electrons. The molecule has 3 nitrogen and oxygen atoms in total. The van der Waals surface area contributed by atoms with Crippen LogP contribution in [0.25, 0.3) is 0 Å². The fourth-order valence-corrected chi connectivity index (χ4v) is 1.51. The van der Waals surface area contributed by atoms with Crippen LogP contribution in [0.4, 0.5) is 0 Å². The Balaban J connectivity index is 4.76. The summed E-state index contributed by atoms with van der Waals surface area (Å²) in [5, 5.41) is 9.41. The zero-order valence-electron chi connectivity index (χ0n) is 8.69. The van der Waals surface area contributed by atoms with Crippen molar-refractivity contribution in [2.24, 2.45) is 0 Å². The molecule has 0 aliphatic rings. The van der Waals surface area contributed by atoms with E-state index in [4.69, 9.17) is 0 Å². The predicted molar refractivity (Wildman–Crippen MR) is 64.4 cm³/mol. The van der Waals surface area contributed by atoms with Gasteiger partial charge in [0, 0.05) is 19.2 Å². The summed E-state index contributed by atoms with van der Waals surface area (Å²) in [6, 6.07) is 0. The van der Waals surface area contributed by atoms with Crippen molar-refractivity contribution in [1.29, 1.82) is 0 Å². The molecule has 1 N–H and O–H groups in total. The number of amides is 1. The Morgan fingerprint density at radius 2 is 2.07 bits per heavy atom. The first-order valence-corrected chi connectivity index (χ1v) is 5.25. The maximum Gasteiger partial charge on any atom is 0.213 e. The van der Waals surface area contributed by atoms with Crippen LogP contribution in [0, 0.1) is 0 Å². The monoisotopic (exact) mass is 235 g/mol. The second-order valence-corrected chi connectivity index (χ2v) is 5.04. The number of allylic oxidation sites excluding steroid dienone is 1. The van der Waals surface area contributed by atoms with Gasteiger partial charge in [-0.25, -0.2) is 0 Å². The third-order valence-corrected chi connectivity index (χ3v) is 2.39. The maximum absolute atomic E-state index is 10.5. The van der Waals surface area contributed by atoms with Crippen LogP contribution in [0.15, 0.2) is 11.3 Å². The summed E-state index contributed by atoms with van der Waals surface area (Å²) in [5.41, 5.74) is 1.80. The summed E-state index contributed by atoms with van der Waals surface area (Å²) in [6.07, 6.45) is 1.83. The summed E-state index contributed by atoms with van der Waals surface area (Å²) in [4.78, 5) is 12.0. The molecule has 0 spiro atoms. The van der Waals surface area contributed by atoms with E-state index in [2.05, 4.69) is 25.3 Å². The minimum atomic E-state index is -1.32. The topological polar surface area (TPSA) is 40.5 Å². The van der Waals surface area contributed by atoms with Crippen molar-refractivity contribution < 1.29 is 9.90 Å². The normalized spacial score (nSPS) is 13.6. The molecule has 0 saturated heterocycles. The summed E-state index contributed by atoms with van der Waals surface area (Å²) in [6.45, 7) is 3.80. The number of thiol groups is 2. The number of hydrogen-bond acceptors (Lipinski definition) is 4. The molecule has 1 amide bonds. The quantitative estimate of drug-likeness (QED) is 0.385. The van der Waals surface area contributed by atoms with Crippen molar-refractivity contribution in [1.82, 2.24) is 4.90 Å². The zero-order valence-corrected chi connectivity index (χ0v) is 10.5. The van der Waals surface area contributed by atoms with E-state index >= 15 is 0 Å². The highest BCUT2D eigenvalue weighted by Crippen LogP contribution is 2.28. The molecule has 0 aliphatic carbocycles. The van der Waals surface area contributed by atoms with Gasteiger partial charge in [-0.15, -0.1) is 25.3 Å². The van der Waals surface area contributed by atoms with Gasteiger partial charge in [0.25, 0.3) is 0 Å². The van der Waals surface area contributed by atoms with Crippen LogP contribution >= 0.6 is 25.3 Å². The summed E-state index contributed by atoms with van der Waals surface area (Å²) in [5.74, 6) is 0. The van der Waals surface area contributed by atoms with E-state index in [9.17, 15) is 9.90 Å². The second kappa shape index (κ2) is 5.68. The minimum Gasteiger partial charge on any atom is -0.370 e. The van der Waals surface area contributed by atoms with Crippen LogP contribution in [0.1, 0.15) is 26.7 Å². The van der Waals surface area contributed by atoms with Crippen molar-refractivity contribution >= 4 is 31.7 Å². The number of nitrogens with zero attached hydrogens (tertiary/aromatic N) is 1. The summed E-state index contributed by atoms with van der Waals surface area (Å²) < 4.78 is -1.32. The van der Waals surface area contributed by atoms with Gasteiger partial charge >= 0.3 is 0 Å². The highest BCUT2D eigenvalue weighted by molar-refractivity contribution is 8.00. The number of carbonyl (C=O) groups excluding carboxylic acids is 1. The molecule has 0 aromatic carbocycles. The fourth-order valence-electron chi connectivity index (χ4n) is 1.12. The van der Waals surface area contributed by atoms with E-state index in [0.717, 1.165) is 24.1 Å². The Morgan fingerprint density at radius 3 is 2.36 bits per heavy atom. The molecule has 5 heteroatoms. The van der Waals surface area contributed by atoms with Crippen LogP contribution in [0.3, 0.4) is 0 Å². The van der Waals surface area contributed by atoms with Gasteiger partial charge in [-0.1, -0.05) is 6.92 Å². The lowest BCUT2D eigenvalue weighted by atomic mass is 10.1. The Kier molecular flexibility index (Phi) is 5.63. The van der Waals surface area contributed by atoms with Gasteiger partial charge in [-0.05, 0) is 18.9 Å². The smallest absolute Gasteiger partial charge is 0.213 e. The van der Waals surface area contributed by atoms with Crippen LogP contribution in [0.2, 0.25) is 0 Å². The SMILES string of the molecule is CCC(CC(O)(S)S)=C(C)N(C)C=O. The van der Waals surface area contributed by atoms with Crippen LogP contribution in [-0.2, 0) is 4.79 Å². The molecule has 0 aromatic rings. The van der Waals surface area contributed by atoms with Gasteiger partial charge in [-0.3, -0.25) is 4.79 Å². The second-order valence-electron chi connectivity index (χ2n) is 3.21. The zero-order chi connectivity index (χ0) is 11.4. The van der Waals surface area contributed by atoms with E-state index in [1.165, 1.54) is 4.90 Å². The van der Waals surface area contributed by atoms with Gasteiger partial charge in [0.05, 0.1) is 0 Å². The molecule has 0 saturated carbocycles. The van der Waals surface area contributed by atoms with Gasteiger partial charge in [0.15, 0.2) is 4.27 Å². The van der Waals surface area contributed by atoms with Crippen molar-refractivity contribution in [3.05, 3.63) is 11.3 Å². The summed E-state index contributed by atoms with van der Waals surface area (Å²) >= 11 is 7.84. The molecule has 0 bridgehead atoms. The molecule has 14 heavy (non-hydrogen) atoms. The molecule has 0 rings (SSSR count). The number of hydrogen-bond donors (Lipinski definition) is 3. The molecule has 0 aliphatic heterocycles. The molecular weight excluding hydrogens is 218 g/mol. The van der Waals surface area contributed by atoms with Crippen molar-refractivity contribution in [3.8, 4) is 0 Å². The molecule has 0 unspecified atom stereocenters. The Labute approximate surface area is 96.0 Å². The Bertz CT molecular complexity index is 233. The van der Waals surface area contributed by atoms with E-state index in [-0.39, 0.29) is 0 Å². The van der Waals surface area contributed by atoms with Gasteiger partial charge < -0.3 is 10.0 Å². The lowest BCUT2D eigenvalue weighted by molar-refractivity contribution is -0.115. The molecule has 0 fully saturated rings. The van der Waals surface area contributed by atoms with Gasteiger partial charge in [0.1, 0.15) is 0 Å². The Hall–Kier alpha value is -0.130. The van der Waals surface area contributed by atoms with Gasteiger partial charge in [-0.2, -0.15) is 0 Å². The van der Waals surface area contributed by atoms with Crippen LogP contribution in [0.5, 0.6) is 0 Å². The first kappa shape index (κ1) is 13.9. The highest BCUT2D eigenvalue weighted by atomic mass is 32.2. The molecule has 0 radical (unpaired) electrons. The molecule has 0 heterocycles. The maximum atomic E-state index is 10.5. The molecule has 0 aromatic heterocycles. The van der Waals surface area contributed by atoms with Crippen LogP contribution < -0.4 is 0 Å². The molecule has 0 atom stereocenters. The van der Waals surface area contributed by atoms with Crippen LogP contribution in [-0.4, -0.2) is 27.7 Å². The summed E-state index contributed by atoms with van der Waals surface area (Å²) in [7, 11) is 1.67. The van der Waals surface area contributed by atoms with E-state index < -0.39 is 4.27 Å². The fraction of sp³-hybridized carbons (Fsp3) is 0.667. The first-order chi connectivity index (χ1) is 6.31. The van der Waals surface area contributed by atoms with E-state index in [0.29, 0.717) is 6.42 Å². The lowest BCUT2D eigenvalue weighted by Crippen LogP contribution is -2.19. The molecular formula is C9H17NO2S2. The minimum absolute atomic E-state index is 0.333. The first-order valence-electron chi connectivity index (χ1n) is 4.35. The third kappa shape index (κ3) is 4.93. The average molecular weight is 235 g/mol. The highest BCUT2D eigenvalue weighted by Gasteiger charge is 2.18. The largest absolute Gasteiger partial charge is 0.370 e. The number of rotatable bonds is 5. The number of aliphatic hydroxyl groups is 1. The average Bonchev–Trinajstić information content (AvgIpc) is 2.10.